The maximum Gasteiger partial charge on any atom is 0.407 e. The topological polar surface area (TPSA) is 149 Å². The van der Waals surface area contributed by atoms with Crippen LogP contribution in [-0.2, 0) is 19.5 Å². The van der Waals surface area contributed by atoms with E-state index in [2.05, 4.69) is 33.9 Å². The van der Waals surface area contributed by atoms with Crippen molar-refractivity contribution < 1.29 is 32.2 Å². The highest BCUT2D eigenvalue weighted by molar-refractivity contribution is 7.92. The summed E-state index contributed by atoms with van der Waals surface area (Å²) in [6, 6.07) is 12.9. The highest BCUT2D eigenvalue weighted by Gasteiger charge is 2.42. The second kappa shape index (κ2) is 14.0. The SMILES string of the molecule is COCCNC(=O)O[C@H]1C[C@H](N2C(=O)c3cccc(c3)S(=O)(=O)Nc3nc(cc(-c4c(C)cccc4C)n3)OC[C@H]2CC(C)C)C1. The smallest absolute Gasteiger partial charge is 0.407 e. The molecule has 3 aromatic rings. The number of aryl methyl sites for hydroxylation is 2. The molecule has 46 heavy (non-hydrogen) atoms. The van der Waals surface area contributed by atoms with Crippen molar-refractivity contribution in [1.29, 1.82) is 0 Å². The van der Waals surface area contributed by atoms with Crippen molar-refractivity contribution in [1.82, 2.24) is 20.2 Å². The van der Waals surface area contributed by atoms with Gasteiger partial charge in [-0.3, -0.25) is 4.79 Å². The maximum atomic E-state index is 14.2. The number of amides is 2. The van der Waals surface area contributed by atoms with Crippen LogP contribution in [0.4, 0.5) is 10.7 Å². The molecule has 1 fully saturated rings. The molecule has 0 radical (unpaired) electrons. The molecule has 1 aromatic heterocycles. The lowest BCUT2D eigenvalue weighted by Gasteiger charge is -2.46. The summed E-state index contributed by atoms with van der Waals surface area (Å²) in [4.78, 5) is 37.2. The number of fused-ring (bicyclic) bond motifs is 4. The Balaban J connectivity index is 1.52. The molecule has 2 aliphatic rings. The molecule has 2 amide bonds. The van der Waals surface area contributed by atoms with Gasteiger partial charge in [0.1, 0.15) is 12.7 Å². The van der Waals surface area contributed by atoms with Crippen molar-refractivity contribution in [2.24, 2.45) is 5.92 Å². The Labute approximate surface area is 269 Å². The van der Waals surface area contributed by atoms with E-state index in [1.54, 1.807) is 30.2 Å². The van der Waals surface area contributed by atoms with Gasteiger partial charge < -0.3 is 24.4 Å². The summed E-state index contributed by atoms with van der Waals surface area (Å²) in [6.45, 7) is 8.87. The minimum absolute atomic E-state index is 0.0935. The summed E-state index contributed by atoms with van der Waals surface area (Å²) >= 11 is 0. The van der Waals surface area contributed by atoms with E-state index in [4.69, 9.17) is 14.2 Å². The molecule has 2 N–H and O–H groups in total. The van der Waals surface area contributed by atoms with Crippen molar-refractivity contribution in [3.8, 4) is 17.1 Å². The lowest BCUT2D eigenvalue weighted by molar-refractivity contribution is -0.0274. The van der Waals surface area contributed by atoms with E-state index in [1.807, 2.05) is 32.0 Å². The summed E-state index contributed by atoms with van der Waals surface area (Å²) in [5, 5.41) is 2.65. The number of aromatic nitrogens is 2. The predicted molar refractivity (Wildman–Crippen MR) is 172 cm³/mol. The number of rotatable bonds is 8. The average Bonchev–Trinajstić information content (AvgIpc) is 2.98. The fourth-order valence-corrected chi connectivity index (χ4v) is 6.93. The van der Waals surface area contributed by atoms with E-state index in [1.165, 1.54) is 12.1 Å². The summed E-state index contributed by atoms with van der Waals surface area (Å²) in [5.41, 5.74) is 3.52. The number of methoxy groups -OCH3 is 1. The zero-order valence-electron chi connectivity index (χ0n) is 26.8. The zero-order chi connectivity index (χ0) is 33.0. The molecule has 2 heterocycles. The summed E-state index contributed by atoms with van der Waals surface area (Å²) in [7, 11) is -2.62. The molecular formula is C33H41N5O7S. The molecule has 12 nitrogen and oxygen atoms in total. The lowest BCUT2D eigenvalue weighted by Crippen LogP contribution is -2.57. The van der Waals surface area contributed by atoms with Crippen LogP contribution in [0.3, 0.4) is 0 Å². The Kier molecular flexibility index (Phi) is 10.1. The number of sulfonamides is 1. The van der Waals surface area contributed by atoms with Gasteiger partial charge >= 0.3 is 6.09 Å². The van der Waals surface area contributed by atoms with Gasteiger partial charge in [0, 0.05) is 49.7 Å². The molecule has 2 aromatic carbocycles. The van der Waals surface area contributed by atoms with E-state index in [-0.39, 0.29) is 58.9 Å². The van der Waals surface area contributed by atoms with Gasteiger partial charge in [-0.25, -0.2) is 22.9 Å². The molecule has 1 saturated carbocycles. The fraction of sp³-hybridized carbons (Fsp3) is 0.455. The minimum Gasteiger partial charge on any atom is -0.475 e. The number of carbonyl (C=O) groups is 2. The Hall–Kier alpha value is -4.23. The maximum absolute atomic E-state index is 14.2. The number of anilines is 1. The fourth-order valence-electron chi connectivity index (χ4n) is 5.94. The monoisotopic (exact) mass is 651 g/mol. The first kappa shape index (κ1) is 33.1. The Bertz CT molecular complexity index is 1670. The molecule has 1 aliphatic heterocycles. The molecular weight excluding hydrogens is 610 g/mol. The average molecular weight is 652 g/mol. The van der Waals surface area contributed by atoms with Crippen molar-refractivity contribution >= 4 is 28.0 Å². The first-order valence-corrected chi connectivity index (χ1v) is 16.9. The number of nitrogens with one attached hydrogen (secondary N) is 2. The molecule has 13 heteroatoms. The molecule has 0 unspecified atom stereocenters. The minimum atomic E-state index is -4.17. The van der Waals surface area contributed by atoms with Crippen LogP contribution in [-0.4, -0.2) is 80.3 Å². The van der Waals surface area contributed by atoms with E-state index < -0.39 is 16.1 Å². The van der Waals surface area contributed by atoms with Crippen LogP contribution in [0.15, 0.2) is 53.4 Å². The highest BCUT2D eigenvalue weighted by atomic mass is 32.2. The van der Waals surface area contributed by atoms with Crippen LogP contribution >= 0.6 is 0 Å². The lowest BCUT2D eigenvalue weighted by atomic mass is 9.85. The summed E-state index contributed by atoms with van der Waals surface area (Å²) in [6.07, 6.45) is 0.579. The number of carbonyl (C=O) groups excluding carboxylic acids is 2. The van der Waals surface area contributed by atoms with Crippen molar-refractivity contribution in [3.05, 3.63) is 65.2 Å². The standard InChI is InChI=1S/C33H41N5O7S/c1-20(2)14-25-19-44-29-18-28(30-21(3)8-6-9-22(30)4)35-32(36-29)37-46(41,42)27-11-7-10-23(15-27)31(39)38(25)24-16-26(17-24)45-33(40)34-12-13-43-5/h6-11,15,18,20,24-26H,12-14,16-17,19H2,1-5H3,(H,34,40)(H,35,36,37)/t24-,25-,26-/m1/s1. The number of hydrogen-bond donors (Lipinski definition) is 2. The molecule has 1 atom stereocenters. The number of benzene rings is 2. The molecule has 0 saturated heterocycles. The largest absolute Gasteiger partial charge is 0.475 e. The first-order valence-electron chi connectivity index (χ1n) is 15.4. The van der Waals surface area contributed by atoms with Crippen LogP contribution in [0.25, 0.3) is 11.3 Å². The van der Waals surface area contributed by atoms with Crippen molar-refractivity contribution in [3.63, 3.8) is 0 Å². The molecule has 4 bridgehead atoms. The highest BCUT2D eigenvalue weighted by Crippen LogP contribution is 2.34. The van der Waals surface area contributed by atoms with E-state index in [9.17, 15) is 18.0 Å². The van der Waals surface area contributed by atoms with E-state index in [0.717, 1.165) is 16.7 Å². The first-order chi connectivity index (χ1) is 21.9. The van der Waals surface area contributed by atoms with Crippen LogP contribution in [0.2, 0.25) is 0 Å². The van der Waals surface area contributed by atoms with Crippen LogP contribution in [0.5, 0.6) is 5.88 Å². The normalized spacial score (nSPS) is 20.7. The van der Waals surface area contributed by atoms with Crippen LogP contribution < -0.4 is 14.8 Å². The number of ether oxygens (including phenoxy) is 3. The molecule has 5 rings (SSSR count). The number of alkyl carbamates (subject to hydrolysis) is 1. The van der Waals surface area contributed by atoms with Gasteiger partial charge in [-0.05, 0) is 55.5 Å². The van der Waals surface area contributed by atoms with Gasteiger partial charge in [-0.1, -0.05) is 38.1 Å². The molecule has 246 valence electrons. The number of nitrogens with zero attached hydrogens (tertiary/aromatic N) is 3. The number of hydrogen-bond acceptors (Lipinski definition) is 9. The van der Waals surface area contributed by atoms with Gasteiger partial charge in [-0.2, -0.15) is 4.98 Å². The molecule has 1 aliphatic carbocycles. The Morgan fingerprint density at radius 1 is 1.11 bits per heavy atom. The predicted octanol–water partition coefficient (Wildman–Crippen LogP) is 4.71. The summed E-state index contributed by atoms with van der Waals surface area (Å²) in [5.74, 6) is -0.0727. The van der Waals surface area contributed by atoms with Crippen molar-refractivity contribution in [2.45, 2.75) is 70.0 Å². The second-order valence-electron chi connectivity index (χ2n) is 12.2. The summed E-state index contributed by atoms with van der Waals surface area (Å²) < 4.78 is 46.5. The third-order valence-electron chi connectivity index (χ3n) is 8.16. The van der Waals surface area contributed by atoms with Gasteiger partial charge in [-0.15, -0.1) is 0 Å². The quantitative estimate of drug-likeness (QED) is 0.330. The molecule has 0 spiro atoms. The zero-order valence-corrected chi connectivity index (χ0v) is 27.6. The third kappa shape index (κ3) is 7.59. The van der Waals surface area contributed by atoms with Gasteiger partial charge in [0.15, 0.2) is 0 Å². The van der Waals surface area contributed by atoms with Gasteiger partial charge in [0.05, 0.1) is 23.2 Å². The van der Waals surface area contributed by atoms with Crippen LogP contribution in [0.1, 0.15) is 54.6 Å². The third-order valence-corrected chi connectivity index (χ3v) is 9.49. The van der Waals surface area contributed by atoms with E-state index in [0.29, 0.717) is 38.1 Å². The van der Waals surface area contributed by atoms with Crippen LogP contribution in [0, 0.1) is 19.8 Å². The van der Waals surface area contributed by atoms with Crippen molar-refractivity contribution in [2.75, 3.05) is 31.6 Å². The van der Waals surface area contributed by atoms with Gasteiger partial charge in [0.2, 0.25) is 11.8 Å². The Morgan fingerprint density at radius 3 is 2.52 bits per heavy atom. The van der Waals surface area contributed by atoms with Gasteiger partial charge in [0.25, 0.3) is 15.9 Å². The Morgan fingerprint density at radius 2 is 1.83 bits per heavy atom. The van der Waals surface area contributed by atoms with E-state index >= 15 is 0 Å². The second-order valence-corrected chi connectivity index (χ2v) is 13.9.